The molecule has 0 saturated heterocycles. The molecule has 0 N–H and O–H groups in total. The number of rotatable bonds is 3. The third-order valence-electron chi connectivity index (χ3n) is 1.63. The Kier molecular flexibility index (Phi) is 3.01. The van der Waals surface area contributed by atoms with E-state index >= 15 is 0 Å². The second-order valence-corrected chi connectivity index (χ2v) is 2.72. The predicted octanol–water partition coefficient (Wildman–Crippen LogP) is 2.35. The van der Waals surface area contributed by atoms with Crippen LogP contribution in [0.25, 0.3) is 0 Å². The van der Waals surface area contributed by atoms with Gasteiger partial charge in [0, 0.05) is 0 Å². The summed E-state index contributed by atoms with van der Waals surface area (Å²) >= 11 is 0. The molecule has 0 aliphatic carbocycles. The van der Waals surface area contributed by atoms with E-state index in [1.54, 1.807) is 19.9 Å². The van der Waals surface area contributed by atoms with E-state index in [1.165, 1.54) is 6.07 Å². The highest BCUT2D eigenvalue weighted by Gasteiger charge is 2.09. The maximum Gasteiger partial charge on any atom is 0.166 e. The van der Waals surface area contributed by atoms with Crippen molar-refractivity contribution in [3.63, 3.8) is 0 Å². The molecule has 0 fully saturated rings. The van der Waals surface area contributed by atoms with Crippen molar-refractivity contribution in [2.24, 2.45) is 0 Å². The molecule has 1 aromatic rings. The van der Waals surface area contributed by atoms with Crippen molar-refractivity contribution in [3.8, 4) is 5.75 Å². The number of aldehydes is 1. The first-order valence-corrected chi connectivity index (χ1v) is 4.07. The Hall–Kier alpha value is -1.38. The third-order valence-corrected chi connectivity index (χ3v) is 1.63. The minimum atomic E-state index is -0.482. The summed E-state index contributed by atoms with van der Waals surface area (Å²) < 4.78 is 18.2. The van der Waals surface area contributed by atoms with Gasteiger partial charge in [-0.15, -0.1) is 0 Å². The van der Waals surface area contributed by atoms with E-state index in [0.29, 0.717) is 18.5 Å². The molecule has 0 spiro atoms. The minimum absolute atomic E-state index is 0.0445. The van der Waals surface area contributed by atoms with E-state index in [0.717, 1.165) is 0 Å². The van der Waals surface area contributed by atoms with E-state index in [4.69, 9.17) is 4.74 Å². The summed E-state index contributed by atoms with van der Waals surface area (Å²) in [5, 5.41) is 0. The molecule has 0 heterocycles. The lowest BCUT2D eigenvalue weighted by Gasteiger charge is -2.07. The molecule has 0 atom stereocenters. The van der Waals surface area contributed by atoms with E-state index < -0.39 is 5.82 Å². The lowest BCUT2D eigenvalue weighted by atomic mass is 10.1. The lowest BCUT2D eigenvalue weighted by molar-refractivity contribution is 0.111. The van der Waals surface area contributed by atoms with Crippen LogP contribution in [0.1, 0.15) is 22.8 Å². The predicted molar refractivity (Wildman–Crippen MR) is 47.7 cm³/mol. The van der Waals surface area contributed by atoms with Gasteiger partial charge < -0.3 is 4.74 Å². The van der Waals surface area contributed by atoms with Crippen LogP contribution in [0.3, 0.4) is 0 Å². The van der Waals surface area contributed by atoms with Gasteiger partial charge in [0.1, 0.15) is 0 Å². The molecule has 0 aliphatic heterocycles. The molecule has 0 amide bonds. The Bertz CT molecular complexity index is 321. The Labute approximate surface area is 76.3 Å². The monoisotopic (exact) mass is 182 g/mol. The average Bonchev–Trinajstić information content (AvgIpc) is 2.09. The molecule has 0 aromatic heterocycles. The number of benzene rings is 1. The normalized spacial score (nSPS) is 9.77. The van der Waals surface area contributed by atoms with Gasteiger partial charge in [-0.2, -0.15) is 0 Å². The Morgan fingerprint density at radius 3 is 2.77 bits per heavy atom. The standard InChI is InChI=1S/C10H11FO2/c1-3-13-10-8(6-12)4-7(2)5-9(10)11/h4-6H,3H2,1-2H3. The van der Waals surface area contributed by atoms with Gasteiger partial charge in [0.15, 0.2) is 17.9 Å². The number of carbonyl (C=O) groups excluding carboxylic acids is 1. The molecular formula is C10H11FO2. The van der Waals surface area contributed by atoms with Gasteiger partial charge in [-0.3, -0.25) is 4.79 Å². The van der Waals surface area contributed by atoms with Crippen molar-refractivity contribution in [1.82, 2.24) is 0 Å². The zero-order valence-corrected chi connectivity index (χ0v) is 7.63. The van der Waals surface area contributed by atoms with E-state index in [9.17, 15) is 9.18 Å². The molecule has 0 unspecified atom stereocenters. The molecule has 1 aromatic carbocycles. The molecule has 1 rings (SSSR count). The van der Waals surface area contributed by atoms with Crippen LogP contribution in [0.15, 0.2) is 12.1 Å². The SMILES string of the molecule is CCOc1c(F)cc(C)cc1C=O. The van der Waals surface area contributed by atoms with Crippen LogP contribution in [0.2, 0.25) is 0 Å². The number of aryl methyl sites for hydroxylation is 1. The number of hydrogen-bond donors (Lipinski definition) is 0. The summed E-state index contributed by atoms with van der Waals surface area (Å²) in [7, 11) is 0. The maximum atomic E-state index is 13.2. The highest BCUT2D eigenvalue weighted by atomic mass is 19.1. The Morgan fingerprint density at radius 1 is 1.54 bits per heavy atom. The fourth-order valence-corrected chi connectivity index (χ4v) is 1.14. The van der Waals surface area contributed by atoms with Crippen LogP contribution in [0.5, 0.6) is 5.75 Å². The molecule has 70 valence electrons. The van der Waals surface area contributed by atoms with Gasteiger partial charge in [0.25, 0.3) is 0 Å². The molecule has 0 bridgehead atoms. The highest BCUT2D eigenvalue weighted by Crippen LogP contribution is 2.22. The molecule has 13 heavy (non-hydrogen) atoms. The second kappa shape index (κ2) is 4.03. The van der Waals surface area contributed by atoms with Crippen molar-refractivity contribution in [2.75, 3.05) is 6.61 Å². The zero-order valence-electron chi connectivity index (χ0n) is 7.63. The molecule has 2 nitrogen and oxygen atoms in total. The summed E-state index contributed by atoms with van der Waals surface area (Å²) in [6, 6.07) is 2.94. The van der Waals surface area contributed by atoms with Crippen molar-refractivity contribution < 1.29 is 13.9 Å². The number of hydrogen-bond acceptors (Lipinski definition) is 2. The van der Waals surface area contributed by atoms with E-state index in [-0.39, 0.29) is 11.3 Å². The summed E-state index contributed by atoms with van der Waals surface area (Å²) in [5.41, 5.74) is 0.974. The largest absolute Gasteiger partial charge is 0.490 e. The van der Waals surface area contributed by atoms with Crippen LogP contribution in [-0.2, 0) is 0 Å². The summed E-state index contributed by atoms with van der Waals surface area (Å²) in [4.78, 5) is 10.6. The number of halogens is 1. The summed E-state index contributed by atoms with van der Waals surface area (Å²) in [5.74, 6) is -0.438. The van der Waals surface area contributed by atoms with Crippen LogP contribution >= 0.6 is 0 Å². The quantitative estimate of drug-likeness (QED) is 0.670. The van der Waals surface area contributed by atoms with Crippen LogP contribution in [0.4, 0.5) is 4.39 Å². The maximum absolute atomic E-state index is 13.2. The zero-order chi connectivity index (χ0) is 9.84. The molecule has 0 radical (unpaired) electrons. The first kappa shape index (κ1) is 9.71. The summed E-state index contributed by atoms with van der Waals surface area (Å²) in [6.45, 7) is 3.82. The summed E-state index contributed by atoms with van der Waals surface area (Å²) in [6.07, 6.45) is 0.598. The molecule has 3 heteroatoms. The minimum Gasteiger partial charge on any atom is -0.490 e. The fourth-order valence-electron chi connectivity index (χ4n) is 1.14. The Morgan fingerprint density at radius 2 is 2.23 bits per heavy atom. The lowest BCUT2D eigenvalue weighted by Crippen LogP contribution is -1.99. The van der Waals surface area contributed by atoms with Crippen molar-refractivity contribution in [3.05, 3.63) is 29.1 Å². The average molecular weight is 182 g/mol. The highest BCUT2D eigenvalue weighted by molar-refractivity contribution is 5.79. The van der Waals surface area contributed by atoms with Gasteiger partial charge >= 0.3 is 0 Å². The van der Waals surface area contributed by atoms with Crippen molar-refractivity contribution >= 4 is 6.29 Å². The number of ether oxygens (including phenoxy) is 1. The molecular weight excluding hydrogens is 171 g/mol. The smallest absolute Gasteiger partial charge is 0.166 e. The van der Waals surface area contributed by atoms with Gasteiger partial charge in [-0.1, -0.05) is 0 Å². The number of carbonyl (C=O) groups is 1. The van der Waals surface area contributed by atoms with Gasteiger partial charge in [0.2, 0.25) is 0 Å². The Balaban J connectivity index is 3.21. The van der Waals surface area contributed by atoms with E-state index in [1.807, 2.05) is 0 Å². The molecule has 0 saturated carbocycles. The van der Waals surface area contributed by atoms with Crippen molar-refractivity contribution in [1.29, 1.82) is 0 Å². The van der Waals surface area contributed by atoms with E-state index in [2.05, 4.69) is 0 Å². The first-order valence-electron chi connectivity index (χ1n) is 4.07. The second-order valence-electron chi connectivity index (χ2n) is 2.72. The van der Waals surface area contributed by atoms with Gasteiger partial charge in [-0.05, 0) is 31.5 Å². The fraction of sp³-hybridized carbons (Fsp3) is 0.300. The van der Waals surface area contributed by atoms with Crippen molar-refractivity contribution in [2.45, 2.75) is 13.8 Å². The molecule has 0 aliphatic rings. The van der Waals surface area contributed by atoms with Crippen LogP contribution < -0.4 is 4.74 Å². The third kappa shape index (κ3) is 2.05. The topological polar surface area (TPSA) is 26.3 Å². The van der Waals surface area contributed by atoms with Gasteiger partial charge in [0.05, 0.1) is 12.2 Å². The van der Waals surface area contributed by atoms with Crippen LogP contribution in [-0.4, -0.2) is 12.9 Å². The van der Waals surface area contributed by atoms with Gasteiger partial charge in [-0.25, -0.2) is 4.39 Å². The van der Waals surface area contributed by atoms with Crippen LogP contribution in [0, 0.1) is 12.7 Å². The first-order chi connectivity index (χ1) is 6.19.